The first-order valence-electron chi connectivity index (χ1n) is 5.35. The Morgan fingerprint density at radius 2 is 2.18 bits per heavy atom. The molecule has 1 heterocycles. The largest absolute Gasteiger partial charge is 0.480 e. The summed E-state index contributed by atoms with van der Waals surface area (Å²) < 4.78 is 0. The molecule has 0 spiro atoms. The van der Waals surface area contributed by atoms with Crippen LogP contribution in [-0.4, -0.2) is 28.0 Å². The number of carboxylic acids is 1. The number of amides is 1. The molecule has 0 saturated heterocycles. The number of carbonyl (C=O) groups is 2. The molecule has 2 N–H and O–H groups in total. The third kappa shape index (κ3) is 3.81. The van der Waals surface area contributed by atoms with Gasteiger partial charge in [0, 0.05) is 0 Å². The highest BCUT2D eigenvalue weighted by molar-refractivity contribution is 7.11. The summed E-state index contributed by atoms with van der Waals surface area (Å²) in [5.74, 6) is -1.16. The Hall–Kier alpha value is -1.43. The van der Waals surface area contributed by atoms with E-state index < -0.39 is 12.0 Å². The van der Waals surface area contributed by atoms with Crippen LogP contribution in [0.1, 0.15) is 35.6 Å². The van der Waals surface area contributed by atoms with Crippen molar-refractivity contribution < 1.29 is 14.7 Å². The topological polar surface area (TPSA) is 79.3 Å². The van der Waals surface area contributed by atoms with Crippen LogP contribution in [-0.2, 0) is 4.79 Å². The number of carbonyl (C=O) groups excluding carboxylic acids is 1. The van der Waals surface area contributed by atoms with Crippen LogP contribution in [0.4, 0.5) is 0 Å². The number of aryl methyl sites for hydroxylation is 1. The monoisotopic (exact) mass is 256 g/mol. The van der Waals surface area contributed by atoms with Crippen molar-refractivity contribution in [2.24, 2.45) is 5.92 Å². The molecule has 0 saturated carbocycles. The number of nitrogens with zero attached hydrogens (tertiary/aromatic N) is 1. The maximum absolute atomic E-state index is 11.8. The Morgan fingerprint density at radius 3 is 2.59 bits per heavy atom. The summed E-state index contributed by atoms with van der Waals surface area (Å²) in [6, 6.07) is -0.844. The van der Waals surface area contributed by atoms with Crippen molar-refractivity contribution in [1.29, 1.82) is 0 Å². The third-order valence-electron chi connectivity index (χ3n) is 2.26. The molecular formula is C11H16N2O3S. The lowest BCUT2D eigenvalue weighted by molar-refractivity contribution is -0.139. The molecule has 1 aromatic rings. The smallest absolute Gasteiger partial charge is 0.326 e. The van der Waals surface area contributed by atoms with Crippen LogP contribution in [0, 0.1) is 12.8 Å². The summed E-state index contributed by atoms with van der Waals surface area (Å²) in [7, 11) is 0. The van der Waals surface area contributed by atoms with Crippen molar-refractivity contribution in [2.45, 2.75) is 33.2 Å². The van der Waals surface area contributed by atoms with Crippen LogP contribution in [0.15, 0.2) is 5.51 Å². The maximum Gasteiger partial charge on any atom is 0.326 e. The van der Waals surface area contributed by atoms with Gasteiger partial charge in [0.15, 0.2) is 0 Å². The first kappa shape index (κ1) is 13.6. The summed E-state index contributed by atoms with van der Waals surface area (Å²) in [5, 5.41) is 11.5. The second kappa shape index (κ2) is 5.77. The standard InChI is InChI=1S/C11H16N2O3S/c1-6(2)4-8(11(15)16)13-10(14)9-7(3)12-5-17-9/h5-6,8H,4H2,1-3H3,(H,13,14)(H,15,16)/t8-/m1/s1. The number of thiazole rings is 1. The van der Waals surface area contributed by atoms with E-state index in [-0.39, 0.29) is 11.8 Å². The number of hydrogen-bond acceptors (Lipinski definition) is 4. The molecule has 0 aliphatic heterocycles. The van der Waals surface area contributed by atoms with Crippen LogP contribution in [0.5, 0.6) is 0 Å². The van der Waals surface area contributed by atoms with Crippen LogP contribution in [0.3, 0.4) is 0 Å². The van der Waals surface area contributed by atoms with E-state index in [0.29, 0.717) is 17.0 Å². The minimum Gasteiger partial charge on any atom is -0.480 e. The average molecular weight is 256 g/mol. The van der Waals surface area contributed by atoms with Crippen molar-refractivity contribution in [2.75, 3.05) is 0 Å². The number of hydrogen-bond donors (Lipinski definition) is 2. The van der Waals surface area contributed by atoms with E-state index in [1.165, 1.54) is 11.3 Å². The lowest BCUT2D eigenvalue weighted by Gasteiger charge is -2.15. The van der Waals surface area contributed by atoms with E-state index >= 15 is 0 Å². The first-order valence-corrected chi connectivity index (χ1v) is 6.23. The van der Waals surface area contributed by atoms with Gasteiger partial charge in [-0.15, -0.1) is 11.3 Å². The summed E-state index contributed by atoms with van der Waals surface area (Å²) in [6.45, 7) is 5.56. The third-order valence-corrected chi connectivity index (χ3v) is 3.19. The lowest BCUT2D eigenvalue weighted by Crippen LogP contribution is -2.41. The quantitative estimate of drug-likeness (QED) is 0.840. The van der Waals surface area contributed by atoms with Gasteiger partial charge in [0.25, 0.3) is 5.91 Å². The number of aliphatic carboxylic acids is 1. The van der Waals surface area contributed by atoms with E-state index in [9.17, 15) is 9.59 Å². The van der Waals surface area contributed by atoms with Gasteiger partial charge in [-0.3, -0.25) is 4.79 Å². The van der Waals surface area contributed by atoms with Gasteiger partial charge in [-0.25, -0.2) is 9.78 Å². The SMILES string of the molecule is Cc1ncsc1C(=O)N[C@H](CC(C)C)C(=O)O. The highest BCUT2D eigenvalue weighted by Crippen LogP contribution is 2.13. The summed E-state index contributed by atoms with van der Waals surface area (Å²) >= 11 is 1.21. The van der Waals surface area contributed by atoms with Gasteiger partial charge in [0.05, 0.1) is 11.2 Å². The molecular weight excluding hydrogens is 240 g/mol. The van der Waals surface area contributed by atoms with Gasteiger partial charge in [-0.05, 0) is 19.3 Å². The van der Waals surface area contributed by atoms with Crippen LogP contribution in [0.25, 0.3) is 0 Å². The van der Waals surface area contributed by atoms with Gasteiger partial charge in [-0.2, -0.15) is 0 Å². The van der Waals surface area contributed by atoms with Gasteiger partial charge in [-0.1, -0.05) is 13.8 Å². The molecule has 1 atom stereocenters. The zero-order chi connectivity index (χ0) is 13.0. The normalized spacial score (nSPS) is 12.5. The first-order chi connectivity index (χ1) is 7.91. The Labute approximate surface area is 104 Å². The predicted molar refractivity (Wildman–Crippen MR) is 65.2 cm³/mol. The predicted octanol–water partition coefficient (Wildman–Crippen LogP) is 1.68. The highest BCUT2D eigenvalue weighted by Gasteiger charge is 2.23. The van der Waals surface area contributed by atoms with Crippen molar-refractivity contribution in [3.8, 4) is 0 Å². The maximum atomic E-state index is 11.8. The minimum absolute atomic E-state index is 0.207. The van der Waals surface area contributed by atoms with E-state index in [0.717, 1.165) is 0 Å². The number of aromatic nitrogens is 1. The Kier molecular flexibility index (Phi) is 4.62. The molecule has 1 aromatic heterocycles. The van der Waals surface area contributed by atoms with Crippen molar-refractivity contribution in [1.82, 2.24) is 10.3 Å². The molecule has 94 valence electrons. The molecule has 0 bridgehead atoms. The molecule has 0 unspecified atom stereocenters. The van der Waals surface area contributed by atoms with Gasteiger partial charge in [0.1, 0.15) is 10.9 Å². The molecule has 0 aliphatic carbocycles. The van der Waals surface area contributed by atoms with Gasteiger partial charge >= 0.3 is 5.97 Å². The van der Waals surface area contributed by atoms with Crippen LogP contribution < -0.4 is 5.32 Å². The second-order valence-corrected chi connectivity index (χ2v) is 5.12. The van der Waals surface area contributed by atoms with E-state index in [2.05, 4.69) is 10.3 Å². The molecule has 0 radical (unpaired) electrons. The highest BCUT2D eigenvalue weighted by atomic mass is 32.1. The van der Waals surface area contributed by atoms with E-state index in [1.807, 2.05) is 13.8 Å². The second-order valence-electron chi connectivity index (χ2n) is 4.26. The fourth-order valence-electron chi connectivity index (χ4n) is 1.44. The molecule has 0 fully saturated rings. The van der Waals surface area contributed by atoms with E-state index in [4.69, 9.17) is 5.11 Å². The minimum atomic E-state index is -1.01. The summed E-state index contributed by atoms with van der Waals surface area (Å²) in [6.07, 6.45) is 0.416. The average Bonchev–Trinajstić information content (AvgIpc) is 2.62. The molecule has 0 aliphatic rings. The molecule has 1 rings (SSSR count). The zero-order valence-electron chi connectivity index (χ0n) is 10.1. The molecule has 1 amide bonds. The number of carboxylic acid groups (broad SMARTS) is 1. The fourth-order valence-corrected chi connectivity index (χ4v) is 2.14. The van der Waals surface area contributed by atoms with Gasteiger partial charge < -0.3 is 10.4 Å². The zero-order valence-corrected chi connectivity index (χ0v) is 10.9. The Morgan fingerprint density at radius 1 is 1.53 bits per heavy atom. The molecule has 0 aromatic carbocycles. The lowest BCUT2D eigenvalue weighted by atomic mass is 10.0. The Balaban J connectivity index is 2.71. The molecule has 5 nitrogen and oxygen atoms in total. The summed E-state index contributed by atoms with van der Waals surface area (Å²) in [5.41, 5.74) is 2.20. The van der Waals surface area contributed by atoms with Crippen LogP contribution in [0.2, 0.25) is 0 Å². The number of rotatable bonds is 5. The van der Waals surface area contributed by atoms with Gasteiger partial charge in [0.2, 0.25) is 0 Å². The van der Waals surface area contributed by atoms with Crippen molar-refractivity contribution >= 4 is 23.2 Å². The van der Waals surface area contributed by atoms with Crippen molar-refractivity contribution in [3.63, 3.8) is 0 Å². The Bertz CT molecular complexity index is 415. The van der Waals surface area contributed by atoms with Crippen molar-refractivity contribution in [3.05, 3.63) is 16.1 Å². The number of nitrogens with one attached hydrogen (secondary N) is 1. The van der Waals surface area contributed by atoms with Crippen LogP contribution >= 0.6 is 11.3 Å². The molecule has 6 heteroatoms. The summed E-state index contributed by atoms with van der Waals surface area (Å²) in [4.78, 5) is 27.3. The van der Waals surface area contributed by atoms with E-state index in [1.54, 1.807) is 12.4 Å². The fraction of sp³-hybridized carbons (Fsp3) is 0.545. The molecule has 17 heavy (non-hydrogen) atoms.